The van der Waals surface area contributed by atoms with Crippen LogP contribution in [0.2, 0.25) is 0 Å². The first-order valence-corrected chi connectivity index (χ1v) is 6.39. The van der Waals surface area contributed by atoms with Gasteiger partial charge < -0.3 is 19.7 Å². The van der Waals surface area contributed by atoms with E-state index in [1.807, 2.05) is 4.90 Å². The highest BCUT2D eigenvalue weighted by Crippen LogP contribution is 2.12. The molecule has 1 aliphatic heterocycles. The summed E-state index contributed by atoms with van der Waals surface area (Å²) in [6.07, 6.45) is 1.59. The summed E-state index contributed by atoms with van der Waals surface area (Å²) in [5.74, 6) is 0.485. The Hall–Kier alpha value is -1.37. The lowest BCUT2D eigenvalue weighted by Gasteiger charge is -2.27. The van der Waals surface area contributed by atoms with Gasteiger partial charge in [0, 0.05) is 51.1 Å². The van der Waals surface area contributed by atoms with Crippen LogP contribution in [0.15, 0.2) is 18.3 Å². The number of pyridine rings is 1. The summed E-state index contributed by atoms with van der Waals surface area (Å²) < 4.78 is 10.3. The fourth-order valence-corrected chi connectivity index (χ4v) is 1.90. The molecular formula is C13H20ClN3O3. The van der Waals surface area contributed by atoms with Gasteiger partial charge in [-0.2, -0.15) is 0 Å². The summed E-state index contributed by atoms with van der Waals surface area (Å²) in [5.41, 5.74) is 0.615. The number of amides is 1. The predicted molar refractivity (Wildman–Crippen MR) is 77.6 cm³/mol. The fourth-order valence-electron chi connectivity index (χ4n) is 1.90. The summed E-state index contributed by atoms with van der Waals surface area (Å²) in [7, 11) is 1.61. The first kappa shape index (κ1) is 16.7. The van der Waals surface area contributed by atoms with Gasteiger partial charge in [-0.1, -0.05) is 0 Å². The van der Waals surface area contributed by atoms with E-state index in [9.17, 15) is 4.79 Å². The quantitative estimate of drug-likeness (QED) is 0.806. The Labute approximate surface area is 124 Å². The molecule has 20 heavy (non-hydrogen) atoms. The largest absolute Gasteiger partial charge is 0.475 e. The highest BCUT2D eigenvalue weighted by atomic mass is 35.5. The highest BCUT2D eigenvalue weighted by Gasteiger charge is 2.18. The van der Waals surface area contributed by atoms with Gasteiger partial charge in [0.25, 0.3) is 5.91 Å². The standard InChI is InChI=1S/C13H19N3O3.ClH/c1-18-8-9-19-12-10-11(2-3-15-12)13(17)16-6-4-14-5-7-16;/h2-3,10,14H,4-9H2,1H3;1H. The third-order valence-corrected chi connectivity index (χ3v) is 2.92. The highest BCUT2D eigenvalue weighted by molar-refractivity contribution is 5.94. The van der Waals surface area contributed by atoms with E-state index < -0.39 is 0 Å². The van der Waals surface area contributed by atoms with Crippen molar-refractivity contribution in [2.75, 3.05) is 46.5 Å². The van der Waals surface area contributed by atoms with E-state index in [4.69, 9.17) is 9.47 Å². The molecule has 112 valence electrons. The minimum atomic E-state index is 0. The first-order valence-electron chi connectivity index (χ1n) is 6.39. The van der Waals surface area contributed by atoms with E-state index in [-0.39, 0.29) is 18.3 Å². The van der Waals surface area contributed by atoms with Gasteiger partial charge in [-0.15, -0.1) is 12.4 Å². The number of nitrogens with one attached hydrogen (secondary N) is 1. The maximum atomic E-state index is 12.3. The van der Waals surface area contributed by atoms with Gasteiger partial charge in [-0.3, -0.25) is 4.79 Å². The minimum Gasteiger partial charge on any atom is -0.475 e. The summed E-state index contributed by atoms with van der Waals surface area (Å²) in [5, 5.41) is 3.22. The smallest absolute Gasteiger partial charge is 0.254 e. The number of hydrogen-bond acceptors (Lipinski definition) is 5. The molecule has 1 aromatic heterocycles. The summed E-state index contributed by atoms with van der Waals surface area (Å²) in [4.78, 5) is 18.2. The zero-order valence-corrected chi connectivity index (χ0v) is 12.3. The Kier molecular flexibility index (Phi) is 7.28. The lowest BCUT2D eigenvalue weighted by molar-refractivity contribution is 0.0735. The molecule has 0 aliphatic carbocycles. The number of carbonyl (C=O) groups excluding carboxylic acids is 1. The van der Waals surface area contributed by atoms with Crippen LogP contribution in [0.1, 0.15) is 10.4 Å². The van der Waals surface area contributed by atoms with Crippen LogP contribution in [-0.2, 0) is 4.74 Å². The normalized spacial score (nSPS) is 14.6. The van der Waals surface area contributed by atoms with Gasteiger partial charge in [-0.25, -0.2) is 4.98 Å². The average molecular weight is 302 g/mol. The van der Waals surface area contributed by atoms with Crippen molar-refractivity contribution >= 4 is 18.3 Å². The Morgan fingerprint density at radius 1 is 1.40 bits per heavy atom. The lowest BCUT2D eigenvalue weighted by Crippen LogP contribution is -2.46. The van der Waals surface area contributed by atoms with Crippen LogP contribution in [0.4, 0.5) is 0 Å². The number of nitrogens with zero attached hydrogens (tertiary/aromatic N) is 2. The zero-order valence-electron chi connectivity index (χ0n) is 11.5. The zero-order chi connectivity index (χ0) is 13.5. The maximum Gasteiger partial charge on any atom is 0.254 e. The fraction of sp³-hybridized carbons (Fsp3) is 0.538. The summed E-state index contributed by atoms with van der Waals surface area (Å²) in [6, 6.07) is 3.40. The number of methoxy groups -OCH3 is 1. The van der Waals surface area contributed by atoms with E-state index >= 15 is 0 Å². The van der Waals surface area contributed by atoms with Gasteiger partial charge in [-0.05, 0) is 6.07 Å². The number of carbonyl (C=O) groups is 1. The number of hydrogen-bond donors (Lipinski definition) is 1. The molecule has 6 nitrogen and oxygen atoms in total. The van der Waals surface area contributed by atoms with Crippen LogP contribution >= 0.6 is 12.4 Å². The van der Waals surface area contributed by atoms with Gasteiger partial charge in [0.1, 0.15) is 6.61 Å². The molecule has 1 N–H and O–H groups in total. The van der Waals surface area contributed by atoms with Crippen molar-refractivity contribution in [2.24, 2.45) is 0 Å². The van der Waals surface area contributed by atoms with Crippen LogP contribution in [0.5, 0.6) is 5.88 Å². The number of ether oxygens (including phenoxy) is 2. The molecular weight excluding hydrogens is 282 g/mol. The SMILES string of the molecule is COCCOc1cc(C(=O)N2CCNCC2)ccn1.Cl. The van der Waals surface area contributed by atoms with Gasteiger partial charge in [0.15, 0.2) is 0 Å². The average Bonchev–Trinajstić information content (AvgIpc) is 2.48. The van der Waals surface area contributed by atoms with Crippen LogP contribution in [0.25, 0.3) is 0 Å². The molecule has 2 rings (SSSR count). The minimum absolute atomic E-state index is 0. The van der Waals surface area contributed by atoms with Crippen molar-refractivity contribution in [2.45, 2.75) is 0 Å². The van der Waals surface area contributed by atoms with Crippen LogP contribution < -0.4 is 10.1 Å². The maximum absolute atomic E-state index is 12.3. The van der Waals surface area contributed by atoms with E-state index in [0.29, 0.717) is 24.7 Å². The molecule has 1 amide bonds. The third-order valence-electron chi connectivity index (χ3n) is 2.92. The van der Waals surface area contributed by atoms with Crippen LogP contribution in [0.3, 0.4) is 0 Å². The first-order chi connectivity index (χ1) is 9.31. The molecule has 0 bridgehead atoms. The second-order valence-corrected chi connectivity index (χ2v) is 4.27. The van der Waals surface area contributed by atoms with Crippen molar-refractivity contribution < 1.29 is 14.3 Å². The Bertz CT molecular complexity index is 425. The summed E-state index contributed by atoms with van der Waals surface area (Å²) >= 11 is 0. The van der Waals surface area contributed by atoms with Gasteiger partial charge >= 0.3 is 0 Å². The molecule has 1 aliphatic rings. The van der Waals surface area contributed by atoms with Crippen LogP contribution in [0, 0.1) is 0 Å². The molecule has 7 heteroatoms. The van der Waals surface area contributed by atoms with Crippen molar-refractivity contribution in [3.63, 3.8) is 0 Å². The second-order valence-electron chi connectivity index (χ2n) is 4.27. The van der Waals surface area contributed by atoms with E-state index in [2.05, 4.69) is 10.3 Å². The number of rotatable bonds is 5. The van der Waals surface area contributed by atoms with E-state index in [1.165, 1.54) is 0 Å². The summed E-state index contributed by atoms with van der Waals surface area (Å²) in [6.45, 7) is 4.08. The molecule has 0 unspecified atom stereocenters. The Morgan fingerprint density at radius 2 is 2.15 bits per heavy atom. The molecule has 2 heterocycles. The number of piperazine rings is 1. The number of aromatic nitrogens is 1. The van der Waals surface area contributed by atoms with Gasteiger partial charge in [0.05, 0.1) is 6.61 Å². The molecule has 1 saturated heterocycles. The predicted octanol–water partition coefficient (Wildman–Crippen LogP) is 0.574. The molecule has 0 atom stereocenters. The van der Waals surface area contributed by atoms with E-state index in [1.54, 1.807) is 25.4 Å². The van der Waals surface area contributed by atoms with Crippen molar-refractivity contribution in [1.82, 2.24) is 15.2 Å². The monoisotopic (exact) mass is 301 g/mol. The molecule has 1 aromatic rings. The molecule has 0 spiro atoms. The van der Waals surface area contributed by atoms with Crippen molar-refractivity contribution in [3.05, 3.63) is 23.9 Å². The van der Waals surface area contributed by atoms with Gasteiger partial charge in [0.2, 0.25) is 5.88 Å². The Morgan fingerprint density at radius 3 is 2.85 bits per heavy atom. The Balaban J connectivity index is 0.00000200. The lowest BCUT2D eigenvalue weighted by atomic mass is 10.2. The second kappa shape index (κ2) is 8.73. The van der Waals surface area contributed by atoms with Crippen LogP contribution in [-0.4, -0.2) is 62.3 Å². The third kappa shape index (κ3) is 4.63. The topological polar surface area (TPSA) is 63.7 Å². The molecule has 0 radical (unpaired) electrons. The number of halogens is 1. The molecule has 1 fully saturated rings. The molecule has 0 aromatic carbocycles. The van der Waals surface area contributed by atoms with Crippen molar-refractivity contribution in [1.29, 1.82) is 0 Å². The van der Waals surface area contributed by atoms with Crippen molar-refractivity contribution in [3.8, 4) is 5.88 Å². The van der Waals surface area contributed by atoms with E-state index in [0.717, 1.165) is 26.2 Å². The molecule has 0 saturated carbocycles.